The number of hydrogen-bond donors (Lipinski definition) is 1. The Morgan fingerprint density at radius 3 is 2.78 bits per heavy atom. The fourth-order valence-electron chi connectivity index (χ4n) is 0.543. The van der Waals surface area contributed by atoms with Gasteiger partial charge in [0, 0.05) is 18.4 Å². The molecule has 0 spiro atoms. The zero-order valence-corrected chi connectivity index (χ0v) is 6.06. The SMILES string of the molecule is C#CC[C@H](Cl)CCCO. The molecule has 0 bridgehead atoms. The molecule has 0 amide bonds. The van der Waals surface area contributed by atoms with Crippen LogP contribution in [-0.4, -0.2) is 17.1 Å². The molecule has 0 aromatic rings. The normalized spacial score (nSPS) is 12.6. The Hall–Kier alpha value is -0.190. The van der Waals surface area contributed by atoms with Crippen molar-refractivity contribution in [3.8, 4) is 12.3 Å². The second kappa shape index (κ2) is 5.94. The summed E-state index contributed by atoms with van der Waals surface area (Å²) in [5, 5.41) is 8.42. The molecule has 0 aliphatic carbocycles. The fraction of sp³-hybridized carbons (Fsp3) is 0.714. The quantitative estimate of drug-likeness (QED) is 0.470. The molecule has 0 radical (unpaired) electrons. The number of alkyl halides is 1. The van der Waals surface area contributed by atoms with Crippen LogP contribution < -0.4 is 0 Å². The van der Waals surface area contributed by atoms with E-state index in [1.807, 2.05) is 0 Å². The molecule has 2 heteroatoms. The highest BCUT2D eigenvalue weighted by Gasteiger charge is 1.99. The smallest absolute Gasteiger partial charge is 0.0446 e. The summed E-state index contributed by atoms with van der Waals surface area (Å²) in [5.74, 6) is 2.46. The van der Waals surface area contributed by atoms with Gasteiger partial charge in [0.15, 0.2) is 0 Å². The highest BCUT2D eigenvalue weighted by Crippen LogP contribution is 2.07. The number of terminal acetylenes is 1. The van der Waals surface area contributed by atoms with Gasteiger partial charge >= 0.3 is 0 Å². The maximum atomic E-state index is 8.37. The summed E-state index contributed by atoms with van der Waals surface area (Å²) in [5.41, 5.74) is 0. The first-order chi connectivity index (χ1) is 4.31. The summed E-state index contributed by atoms with van der Waals surface area (Å²) in [7, 11) is 0. The zero-order chi connectivity index (χ0) is 7.11. The van der Waals surface area contributed by atoms with E-state index in [0.717, 1.165) is 12.8 Å². The van der Waals surface area contributed by atoms with Crippen LogP contribution in [0.5, 0.6) is 0 Å². The Morgan fingerprint density at radius 1 is 1.67 bits per heavy atom. The van der Waals surface area contributed by atoms with Crippen molar-refractivity contribution < 1.29 is 5.11 Å². The van der Waals surface area contributed by atoms with Gasteiger partial charge in [0.25, 0.3) is 0 Å². The molecule has 1 atom stereocenters. The maximum Gasteiger partial charge on any atom is 0.0446 e. The van der Waals surface area contributed by atoms with Gasteiger partial charge in [-0.1, -0.05) is 0 Å². The first-order valence-electron chi connectivity index (χ1n) is 2.99. The largest absolute Gasteiger partial charge is 0.396 e. The lowest BCUT2D eigenvalue weighted by Gasteiger charge is -2.01. The van der Waals surface area contributed by atoms with E-state index < -0.39 is 0 Å². The lowest BCUT2D eigenvalue weighted by Crippen LogP contribution is -1.97. The van der Waals surface area contributed by atoms with E-state index in [2.05, 4.69) is 5.92 Å². The standard InChI is InChI=1S/C7H11ClO/c1-2-4-7(8)5-3-6-9/h1,7,9H,3-6H2/t7-/m0/s1. The second-order valence-corrected chi connectivity index (χ2v) is 2.49. The third-order valence-electron chi connectivity index (χ3n) is 1.01. The molecule has 0 aliphatic heterocycles. The van der Waals surface area contributed by atoms with E-state index in [1.54, 1.807) is 0 Å². The number of rotatable bonds is 4. The molecule has 9 heavy (non-hydrogen) atoms. The van der Waals surface area contributed by atoms with E-state index >= 15 is 0 Å². The van der Waals surface area contributed by atoms with Crippen molar-refractivity contribution in [2.75, 3.05) is 6.61 Å². The summed E-state index contributed by atoms with van der Waals surface area (Å²) in [4.78, 5) is 0. The fourth-order valence-corrected chi connectivity index (χ4v) is 0.786. The molecule has 0 unspecified atom stereocenters. The van der Waals surface area contributed by atoms with E-state index in [4.69, 9.17) is 23.1 Å². The van der Waals surface area contributed by atoms with Crippen molar-refractivity contribution >= 4 is 11.6 Å². The molecule has 0 aromatic heterocycles. The third kappa shape index (κ3) is 5.68. The summed E-state index contributed by atoms with van der Waals surface area (Å²) >= 11 is 5.71. The van der Waals surface area contributed by atoms with Crippen molar-refractivity contribution in [2.24, 2.45) is 0 Å². The van der Waals surface area contributed by atoms with Crippen LogP contribution in [0.4, 0.5) is 0 Å². The Bertz CT molecular complexity index is 95.6. The van der Waals surface area contributed by atoms with Crippen molar-refractivity contribution in [2.45, 2.75) is 24.6 Å². The molecular formula is C7H11ClO. The van der Waals surface area contributed by atoms with Gasteiger partial charge in [-0.25, -0.2) is 0 Å². The molecule has 1 nitrogen and oxygen atoms in total. The van der Waals surface area contributed by atoms with Crippen LogP contribution in [0, 0.1) is 12.3 Å². The van der Waals surface area contributed by atoms with Crippen LogP contribution in [0.1, 0.15) is 19.3 Å². The van der Waals surface area contributed by atoms with Crippen LogP contribution in [0.15, 0.2) is 0 Å². The van der Waals surface area contributed by atoms with Gasteiger partial charge in [-0.2, -0.15) is 0 Å². The van der Waals surface area contributed by atoms with Gasteiger partial charge in [-0.05, 0) is 12.8 Å². The van der Waals surface area contributed by atoms with Crippen LogP contribution >= 0.6 is 11.6 Å². The Labute approximate surface area is 61.0 Å². The van der Waals surface area contributed by atoms with Crippen molar-refractivity contribution in [3.05, 3.63) is 0 Å². The van der Waals surface area contributed by atoms with Crippen molar-refractivity contribution in [3.63, 3.8) is 0 Å². The Kier molecular flexibility index (Phi) is 5.81. The minimum atomic E-state index is 0.0437. The second-order valence-electron chi connectivity index (χ2n) is 1.87. The minimum absolute atomic E-state index is 0.0437. The summed E-state index contributed by atoms with van der Waals surface area (Å²) in [6.07, 6.45) is 7.16. The lowest BCUT2D eigenvalue weighted by atomic mass is 10.2. The van der Waals surface area contributed by atoms with Gasteiger partial charge in [0.05, 0.1) is 0 Å². The number of halogens is 1. The van der Waals surface area contributed by atoms with Crippen LogP contribution in [0.3, 0.4) is 0 Å². The van der Waals surface area contributed by atoms with Gasteiger partial charge in [-0.15, -0.1) is 23.9 Å². The highest BCUT2D eigenvalue weighted by molar-refractivity contribution is 6.20. The molecule has 52 valence electrons. The number of aliphatic hydroxyl groups excluding tert-OH is 1. The summed E-state index contributed by atoms with van der Waals surface area (Å²) in [6.45, 7) is 0.202. The predicted molar refractivity (Wildman–Crippen MR) is 39.4 cm³/mol. The van der Waals surface area contributed by atoms with Crippen LogP contribution in [-0.2, 0) is 0 Å². The number of aliphatic hydroxyl groups is 1. The van der Waals surface area contributed by atoms with E-state index in [1.165, 1.54) is 0 Å². The summed E-state index contributed by atoms with van der Waals surface area (Å²) in [6, 6.07) is 0. The van der Waals surface area contributed by atoms with Crippen molar-refractivity contribution in [1.29, 1.82) is 0 Å². The molecule has 0 rings (SSSR count). The average molecular weight is 147 g/mol. The molecule has 1 N–H and O–H groups in total. The molecule has 0 saturated heterocycles. The highest BCUT2D eigenvalue weighted by atomic mass is 35.5. The van der Waals surface area contributed by atoms with Gasteiger partial charge in [0.1, 0.15) is 0 Å². The van der Waals surface area contributed by atoms with Gasteiger partial charge in [-0.3, -0.25) is 0 Å². The van der Waals surface area contributed by atoms with E-state index in [-0.39, 0.29) is 12.0 Å². The number of hydrogen-bond acceptors (Lipinski definition) is 1. The molecule has 0 aliphatic rings. The maximum absolute atomic E-state index is 8.37. The Morgan fingerprint density at radius 2 is 2.33 bits per heavy atom. The first-order valence-corrected chi connectivity index (χ1v) is 3.43. The van der Waals surface area contributed by atoms with E-state index in [0.29, 0.717) is 6.42 Å². The monoisotopic (exact) mass is 146 g/mol. The van der Waals surface area contributed by atoms with Crippen LogP contribution in [0.25, 0.3) is 0 Å². The van der Waals surface area contributed by atoms with Gasteiger partial charge in [0.2, 0.25) is 0 Å². The predicted octanol–water partition coefficient (Wildman–Crippen LogP) is 1.39. The summed E-state index contributed by atoms with van der Waals surface area (Å²) < 4.78 is 0. The van der Waals surface area contributed by atoms with Crippen molar-refractivity contribution in [1.82, 2.24) is 0 Å². The Balaban J connectivity index is 3.08. The van der Waals surface area contributed by atoms with Crippen LogP contribution in [0.2, 0.25) is 0 Å². The third-order valence-corrected chi connectivity index (χ3v) is 1.39. The zero-order valence-electron chi connectivity index (χ0n) is 5.31. The molecule has 0 aromatic carbocycles. The molecule has 0 saturated carbocycles. The molecule has 0 fully saturated rings. The topological polar surface area (TPSA) is 20.2 Å². The molecular weight excluding hydrogens is 136 g/mol. The van der Waals surface area contributed by atoms with E-state index in [9.17, 15) is 0 Å². The minimum Gasteiger partial charge on any atom is -0.396 e. The first kappa shape index (κ1) is 8.81. The molecule has 0 heterocycles. The lowest BCUT2D eigenvalue weighted by molar-refractivity contribution is 0.284. The van der Waals surface area contributed by atoms with Gasteiger partial charge < -0.3 is 5.11 Å². The average Bonchev–Trinajstić information content (AvgIpc) is 1.85.